The first-order valence-electron chi connectivity index (χ1n) is 8.74. The molecule has 0 aliphatic rings. The molecule has 0 atom stereocenters. The molecule has 3 rings (SSSR count). The number of carbonyl (C=O) groups excluding carboxylic acids is 2. The van der Waals surface area contributed by atoms with Crippen molar-refractivity contribution >= 4 is 29.2 Å². The zero-order valence-electron chi connectivity index (χ0n) is 15.8. The molecule has 0 unspecified atom stereocenters. The maximum Gasteiger partial charge on any atom is 0.344 e. The minimum Gasteiger partial charge on any atom is -0.452 e. The van der Waals surface area contributed by atoms with E-state index < -0.39 is 24.3 Å². The van der Waals surface area contributed by atoms with E-state index in [1.54, 1.807) is 30.3 Å². The van der Waals surface area contributed by atoms with E-state index in [0.29, 0.717) is 5.69 Å². The minimum absolute atomic E-state index is 0.0395. The van der Waals surface area contributed by atoms with Crippen molar-refractivity contribution in [2.24, 2.45) is 0 Å². The molecule has 0 N–H and O–H groups in total. The van der Waals surface area contributed by atoms with Gasteiger partial charge in [-0.25, -0.2) is 9.18 Å². The van der Waals surface area contributed by atoms with Crippen molar-refractivity contribution < 1.29 is 23.2 Å². The molecular formula is C21H15ClFN3O4. The third kappa shape index (κ3) is 4.31. The standard InChI is InChI=1S/C21H15ClFN3O4/c1-13-18(20(25-30-13)19-15(22)8-5-9-16(19)23)21(28)29-12-17(27)26(11-10-24)14-6-3-2-4-7-14/h2-9H,11-12H2,1H3. The van der Waals surface area contributed by atoms with Gasteiger partial charge in [-0.3, -0.25) is 9.69 Å². The summed E-state index contributed by atoms with van der Waals surface area (Å²) >= 11 is 6.06. The smallest absolute Gasteiger partial charge is 0.344 e. The quantitative estimate of drug-likeness (QED) is 0.433. The van der Waals surface area contributed by atoms with Gasteiger partial charge in [-0.05, 0) is 31.2 Å². The third-order valence-corrected chi connectivity index (χ3v) is 4.51. The Bertz CT molecular complexity index is 1100. The van der Waals surface area contributed by atoms with Gasteiger partial charge in [0, 0.05) is 5.69 Å². The first kappa shape index (κ1) is 21.0. The molecule has 0 bridgehead atoms. The second-order valence-corrected chi connectivity index (χ2v) is 6.52. The molecule has 1 amide bonds. The number of hydrogen-bond donors (Lipinski definition) is 0. The number of rotatable bonds is 6. The number of aromatic nitrogens is 1. The van der Waals surface area contributed by atoms with Crippen molar-refractivity contribution in [3.63, 3.8) is 0 Å². The Morgan fingerprint density at radius 2 is 1.97 bits per heavy atom. The number of esters is 1. The van der Waals surface area contributed by atoms with Crippen LogP contribution in [-0.2, 0) is 9.53 Å². The molecule has 0 aliphatic carbocycles. The molecule has 152 valence electrons. The van der Waals surface area contributed by atoms with Crippen LogP contribution < -0.4 is 4.90 Å². The van der Waals surface area contributed by atoms with Gasteiger partial charge in [-0.1, -0.05) is 41.0 Å². The lowest BCUT2D eigenvalue weighted by Crippen LogP contribution is -2.35. The van der Waals surface area contributed by atoms with Crippen molar-refractivity contribution in [2.45, 2.75) is 6.92 Å². The van der Waals surface area contributed by atoms with Gasteiger partial charge in [-0.2, -0.15) is 5.26 Å². The Balaban J connectivity index is 1.81. The zero-order chi connectivity index (χ0) is 21.7. The predicted molar refractivity (Wildman–Crippen MR) is 106 cm³/mol. The lowest BCUT2D eigenvalue weighted by atomic mass is 10.1. The summed E-state index contributed by atoms with van der Waals surface area (Å²) in [4.78, 5) is 26.4. The summed E-state index contributed by atoms with van der Waals surface area (Å²) in [6.07, 6.45) is 0. The topological polar surface area (TPSA) is 96.4 Å². The Morgan fingerprint density at radius 1 is 1.23 bits per heavy atom. The molecule has 2 aromatic carbocycles. The number of carbonyl (C=O) groups is 2. The van der Waals surface area contributed by atoms with Crippen LogP contribution in [0.15, 0.2) is 53.1 Å². The lowest BCUT2D eigenvalue weighted by Gasteiger charge is -2.19. The van der Waals surface area contributed by atoms with E-state index in [-0.39, 0.29) is 34.1 Å². The largest absolute Gasteiger partial charge is 0.452 e. The van der Waals surface area contributed by atoms with Crippen molar-refractivity contribution in [1.29, 1.82) is 5.26 Å². The summed E-state index contributed by atoms with van der Waals surface area (Å²) in [5.74, 6) is -2.14. The summed E-state index contributed by atoms with van der Waals surface area (Å²) in [6.45, 7) is 0.600. The maximum absolute atomic E-state index is 14.3. The van der Waals surface area contributed by atoms with E-state index in [0.717, 1.165) is 0 Å². The minimum atomic E-state index is -0.929. The highest BCUT2D eigenvalue weighted by Gasteiger charge is 2.27. The average molecular weight is 428 g/mol. The lowest BCUT2D eigenvalue weighted by molar-refractivity contribution is -0.121. The highest BCUT2D eigenvalue weighted by Crippen LogP contribution is 2.33. The maximum atomic E-state index is 14.3. The number of nitriles is 1. The Hall–Kier alpha value is -3.70. The van der Waals surface area contributed by atoms with Gasteiger partial charge in [0.25, 0.3) is 5.91 Å². The van der Waals surface area contributed by atoms with E-state index in [9.17, 15) is 14.0 Å². The van der Waals surface area contributed by atoms with E-state index in [4.69, 9.17) is 26.1 Å². The number of nitrogens with zero attached hydrogens (tertiary/aromatic N) is 3. The second-order valence-electron chi connectivity index (χ2n) is 6.11. The molecule has 0 saturated heterocycles. The number of hydrogen-bond acceptors (Lipinski definition) is 6. The summed E-state index contributed by atoms with van der Waals surface area (Å²) in [6, 6.07) is 14.4. The van der Waals surface area contributed by atoms with Crippen molar-refractivity contribution in [2.75, 3.05) is 18.1 Å². The van der Waals surface area contributed by atoms with Crippen LogP contribution in [0.4, 0.5) is 10.1 Å². The molecular weight excluding hydrogens is 413 g/mol. The van der Waals surface area contributed by atoms with Crippen LogP contribution in [0.5, 0.6) is 0 Å². The van der Waals surface area contributed by atoms with Crippen LogP contribution in [0.1, 0.15) is 16.1 Å². The normalized spacial score (nSPS) is 10.3. The van der Waals surface area contributed by atoms with Crippen LogP contribution in [0.25, 0.3) is 11.3 Å². The molecule has 1 heterocycles. The molecule has 1 aromatic heterocycles. The SMILES string of the molecule is Cc1onc(-c2c(F)cccc2Cl)c1C(=O)OCC(=O)N(CC#N)c1ccccc1. The summed E-state index contributed by atoms with van der Waals surface area (Å²) in [5.41, 5.74) is 0.121. The first-order valence-corrected chi connectivity index (χ1v) is 9.12. The number of benzene rings is 2. The number of anilines is 1. The fourth-order valence-corrected chi connectivity index (χ4v) is 3.04. The summed E-state index contributed by atoms with van der Waals surface area (Å²) in [7, 11) is 0. The molecule has 0 fully saturated rings. The van der Waals surface area contributed by atoms with Gasteiger partial charge in [0.15, 0.2) is 6.61 Å². The Morgan fingerprint density at radius 3 is 2.63 bits per heavy atom. The highest BCUT2D eigenvalue weighted by atomic mass is 35.5. The summed E-state index contributed by atoms with van der Waals surface area (Å²) in [5, 5.41) is 12.8. The van der Waals surface area contributed by atoms with E-state index in [1.807, 2.05) is 6.07 Å². The number of halogens is 2. The molecule has 0 saturated carbocycles. The molecule has 0 aliphatic heterocycles. The van der Waals surface area contributed by atoms with Gasteiger partial charge < -0.3 is 9.26 Å². The van der Waals surface area contributed by atoms with Gasteiger partial charge >= 0.3 is 5.97 Å². The number of ether oxygens (including phenoxy) is 1. The van der Waals surface area contributed by atoms with Crippen molar-refractivity contribution in [3.8, 4) is 17.3 Å². The first-order chi connectivity index (χ1) is 14.4. The van der Waals surface area contributed by atoms with Crippen LogP contribution in [0.3, 0.4) is 0 Å². The van der Waals surface area contributed by atoms with Crippen LogP contribution in [0, 0.1) is 24.1 Å². The number of aryl methyl sites for hydroxylation is 1. The molecule has 7 nitrogen and oxygen atoms in total. The number of amides is 1. The van der Waals surface area contributed by atoms with E-state index in [1.165, 1.54) is 30.0 Å². The van der Waals surface area contributed by atoms with Crippen LogP contribution in [0.2, 0.25) is 5.02 Å². The van der Waals surface area contributed by atoms with Crippen LogP contribution >= 0.6 is 11.6 Å². The van der Waals surface area contributed by atoms with Gasteiger partial charge in [0.2, 0.25) is 0 Å². The fourth-order valence-electron chi connectivity index (χ4n) is 2.79. The molecule has 0 radical (unpaired) electrons. The monoisotopic (exact) mass is 427 g/mol. The van der Waals surface area contributed by atoms with E-state index >= 15 is 0 Å². The molecule has 3 aromatic rings. The van der Waals surface area contributed by atoms with Gasteiger partial charge in [-0.15, -0.1) is 0 Å². The van der Waals surface area contributed by atoms with Gasteiger partial charge in [0.1, 0.15) is 29.4 Å². The third-order valence-electron chi connectivity index (χ3n) is 4.19. The molecule has 9 heteroatoms. The van der Waals surface area contributed by atoms with E-state index in [2.05, 4.69) is 5.16 Å². The molecule has 0 spiro atoms. The number of para-hydroxylation sites is 1. The fraction of sp³-hybridized carbons (Fsp3) is 0.143. The van der Waals surface area contributed by atoms with Crippen LogP contribution in [-0.4, -0.2) is 30.2 Å². The average Bonchev–Trinajstić information content (AvgIpc) is 3.11. The summed E-state index contributed by atoms with van der Waals surface area (Å²) < 4.78 is 24.4. The second kappa shape index (κ2) is 9.20. The van der Waals surface area contributed by atoms with Gasteiger partial charge in [0.05, 0.1) is 16.7 Å². The van der Waals surface area contributed by atoms with Crippen molar-refractivity contribution in [1.82, 2.24) is 5.16 Å². The van der Waals surface area contributed by atoms with Crippen molar-refractivity contribution in [3.05, 3.63) is 70.7 Å². The predicted octanol–water partition coefficient (Wildman–Crippen LogP) is 4.16. The Labute approximate surface area is 176 Å². The molecule has 30 heavy (non-hydrogen) atoms. The highest BCUT2D eigenvalue weighted by molar-refractivity contribution is 6.33. The zero-order valence-corrected chi connectivity index (χ0v) is 16.5. The Kier molecular flexibility index (Phi) is 6.45.